The lowest BCUT2D eigenvalue weighted by Gasteiger charge is -2.33. The summed E-state index contributed by atoms with van der Waals surface area (Å²) in [6, 6.07) is 4.60. The molecule has 1 aromatic heterocycles. The van der Waals surface area contributed by atoms with Crippen LogP contribution in [0.15, 0.2) is 23.3 Å². The van der Waals surface area contributed by atoms with E-state index in [9.17, 15) is 0 Å². The van der Waals surface area contributed by atoms with Gasteiger partial charge in [0, 0.05) is 45.0 Å². The van der Waals surface area contributed by atoms with Crippen molar-refractivity contribution in [1.82, 2.24) is 20.5 Å². The number of anilines is 1. The maximum atomic E-state index is 4.61. The molecular formula is C17H31IN6. The first kappa shape index (κ1) is 21.0. The van der Waals surface area contributed by atoms with Gasteiger partial charge in [-0.1, -0.05) is 6.07 Å². The number of hydrogen-bond acceptors (Lipinski definition) is 4. The van der Waals surface area contributed by atoms with E-state index in [-0.39, 0.29) is 24.0 Å². The Labute approximate surface area is 163 Å². The Morgan fingerprint density at radius 2 is 1.96 bits per heavy atom. The number of aromatic nitrogens is 1. The van der Waals surface area contributed by atoms with Gasteiger partial charge in [-0.05, 0) is 39.4 Å². The van der Waals surface area contributed by atoms with E-state index in [2.05, 4.69) is 70.4 Å². The van der Waals surface area contributed by atoms with Crippen LogP contribution in [0.1, 0.15) is 26.3 Å². The maximum absolute atomic E-state index is 4.61. The Hall–Kier alpha value is -1.09. The van der Waals surface area contributed by atoms with Crippen LogP contribution < -0.4 is 15.5 Å². The molecule has 1 fully saturated rings. The number of aliphatic imine (C=N–C) groups is 1. The third-order valence-electron chi connectivity index (χ3n) is 3.83. The molecule has 0 aliphatic carbocycles. The summed E-state index contributed by atoms with van der Waals surface area (Å²) in [5, 5.41) is 6.58. The van der Waals surface area contributed by atoms with E-state index < -0.39 is 0 Å². The van der Waals surface area contributed by atoms with E-state index in [4.69, 9.17) is 0 Å². The van der Waals surface area contributed by atoms with Gasteiger partial charge in [-0.2, -0.15) is 0 Å². The molecule has 1 aliphatic heterocycles. The van der Waals surface area contributed by atoms with Crippen LogP contribution in [0, 0.1) is 0 Å². The second kappa shape index (κ2) is 10.7. The molecule has 0 amide bonds. The molecule has 2 N–H and O–H groups in total. The fourth-order valence-corrected chi connectivity index (χ4v) is 2.50. The predicted molar refractivity (Wildman–Crippen MR) is 112 cm³/mol. The summed E-state index contributed by atoms with van der Waals surface area (Å²) in [5.74, 6) is 1.92. The number of piperazine rings is 1. The van der Waals surface area contributed by atoms with Gasteiger partial charge in [0.1, 0.15) is 5.82 Å². The van der Waals surface area contributed by atoms with Crippen LogP contribution in [-0.2, 0) is 6.54 Å². The highest BCUT2D eigenvalue weighted by Gasteiger charge is 2.14. The van der Waals surface area contributed by atoms with Gasteiger partial charge >= 0.3 is 0 Å². The predicted octanol–water partition coefficient (Wildman–Crippen LogP) is 1.91. The first-order valence-corrected chi connectivity index (χ1v) is 8.51. The lowest BCUT2D eigenvalue weighted by atomic mass is 10.2. The van der Waals surface area contributed by atoms with Crippen LogP contribution in [0.2, 0.25) is 0 Å². The van der Waals surface area contributed by atoms with Crippen LogP contribution in [-0.4, -0.2) is 61.7 Å². The molecule has 24 heavy (non-hydrogen) atoms. The quantitative estimate of drug-likeness (QED) is 0.411. The van der Waals surface area contributed by atoms with Gasteiger partial charge in [0.25, 0.3) is 0 Å². The Balaban J connectivity index is 0.00000288. The minimum Gasteiger partial charge on any atom is -0.357 e. The van der Waals surface area contributed by atoms with Gasteiger partial charge in [0.05, 0.1) is 6.54 Å². The Kier molecular flexibility index (Phi) is 9.35. The molecule has 0 radical (unpaired) electrons. The zero-order valence-electron chi connectivity index (χ0n) is 15.2. The van der Waals surface area contributed by atoms with Crippen molar-refractivity contribution in [2.45, 2.75) is 33.4 Å². The highest BCUT2D eigenvalue weighted by Crippen LogP contribution is 2.13. The highest BCUT2D eigenvalue weighted by molar-refractivity contribution is 14.0. The lowest BCUT2D eigenvalue weighted by Crippen LogP contribution is -2.44. The van der Waals surface area contributed by atoms with Gasteiger partial charge in [-0.15, -0.1) is 24.0 Å². The number of nitrogens with one attached hydrogen (secondary N) is 2. The number of likely N-dealkylation sites (N-methyl/N-ethyl adjacent to an activating group) is 1. The molecule has 136 valence electrons. The van der Waals surface area contributed by atoms with Gasteiger partial charge in [0.2, 0.25) is 0 Å². The summed E-state index contributed by atoms with van der Waals surface area (Å²) in [6.45, 7) is 12.1. The van der Waals surface area contributed by atoms with Gasteiger partial charge in [0.15, 0.2) is 5.96 Å². The average Bonchev–Trinajstić information content (AvgIpc) is 2.54. The van der Waals surface area contributed by atoms with Crippen LogP contribution in [0.3, 0.4) is 0 Å². The van der Waals surface area contributed by atoms with Crippen molar-refractivity contribution in [3.05, 3.63) is 23.9 Å². The van der Waals surface area contributed by atoms with Crippen molar-refractivity contribution in [2.75, 3.05) is 44.7 Å². The highest BCUT2D eigenvalue weighted by atomic mass is 127. The largest absolute Gasteiger partial charge is 0.357 e. The van der Waals surface area contributed by atoms with Crippen molar-refractivity contribution in [2.24, 2.45) is 4.99 Å². The first-order chi connectivity index (χ1) is 11.1. The molecule has 0 atom stereocenters. The van der Waals surface area contributed by atoms with Crippen molar-refractivity contribution in [1.29, 1.82) is 0 Å². The van der Waals surface area contributed by atoms with E-state index in [1.54, 1.807) is 0 Å². The van der Waals surface area contributed by atoms with E-state index in [0.717, 1.165) is 50.1 Å². The molecule has 0 saturated carbocycles. The van der Waals surface area contributed by atoms with E-state index in [1.807, 2.05) is 6.20 Å². The fraction of sp³-hybridized carbons (Fsp3) is 0.647. The molecule has 0 bridgehead atoms. The number of guanidine groups is 1. The summed E-state index contributed by atoms with van der Waals surface area (Å²) in [5.41, 5.74) is 1.13. The van der Waals surface area contributed by atoms with E-state index in [1.165, 1.54) is 0 Å². The number of hydrogen-bond donors (Lipinski definition) is 2. The molecule has 2 heterocycles. The minimum absolute atomic E-state index is 0. The third kappa shape index (κ3) is 6.80. The zero-order valence-corrected chi connectivity index (χ0v) is 17.6. The Morgan fingerprint density at radius 3 is 2.50 bits per heavy atom. The summed E-state index contributed by atoms with van der Waals surface area (Å²) in [4.78, 5) is 13.9. The van der Waals surface area contributed by atoms with Gasteiger partial charge in [-0.25, -0.2) is 9.98 Å². The standard InChI is InChI=1S/C17H30N6.HI/c1-5-18-17(21-14(2)3)20-13-15-6-7-16(19-12-15)23-10-8-22(4)9-11-23;/h6-7,12,14H,5,8-11,13H2,1-4H3,(H2,18,20,21);1H. The average molecular weight is 446 g/mol. The second-order valence-electron chi connectivity index (χ2n) is 6.31. The number of nitrogens with zero attached hydrogens (tertiary/aromatic N) is 4. The molecular weight excluding hydrogens is 415 g/mol. The smallest absolute Gasteiger partial charge is 0.191 e. The van der Waals surface area contributed by atoms with Crippen molar-refractivity contribution < 1.29 is 0 Å². The van der Waals surface area contributed by atoms with Crippen molar-refractivity contribution in [3.8, 4) is 0 Å². The minimum atomic E-state index is 0. The first-order valence-electron chi connectivity index (χ1n) is 8.51. The maximum Gasteiger partial charge on any atom is 0.191 e. The molecule has 1 aliphatic rings. The molecule has 0 spiro atoms. The normalized spacial score (nSPS) is 16.0. The molecule has 1 saturated heterocycles. The van der Waals surface area contributed by atoms with Gasteiger partial charge < -0.3 is 20.4 Å². The van der Waals surface area contributed by atoms with Crippen LogP contribution in [0.5, 0.6) is 0 Å². The van der Waals surface area contributed by atoms with Crippen molar-refractivity contribution in [3.63, 3.8) is 0 Å². The molecule has 1 aromatic rings. The molecule has 2 rings (SSSR count). The third-order valence-corrected chi connectivity index (χ3v) is 3.83. The Bertz CT molecular complexity index is 494. The fourth-order valence-electron chi connectivity index (χ4n) is 2.50. The summed E-state index contributed by atoms with van der Waals surface area (Å²) < 4.78 is 0. The monoisotopic (exact) mass is 446 g/mol. The Morgan fingerprint density at radius 1 is 1.25 bits per heavy atom. The summed E-state index contributed by atoms with van der Waals surface area (Å²) in [7, 11) is 2.17. The van der Waals surface area contributed by atoms with Crippen LogP contribution in [0.4, 0.5) is 5.82 Å². The molecule has 7 heteroatoms. The zero-order chi connectivity index (χ0) is 16.7. The second-order valence-corrected chi connectivity index (χ2v) is 6.31. The lowest BCUT2D eigenvalue weighted by molar-refractivity contribution is 0.312. The van der Waals surface area contributed by atoms with E-state index >= 15 is 0 Å². The van der Waals surface area contributed by atoms with Gasteiger partial charge in [-0.3, -0.25) is 0 Å². The SMILES string of the molecule is CCNC(=NCc1ccc(N2CCN(C)CC2)nc1)NC(C)C.I. The van der Waals surface area contributed by atoms with Crippen molar-refractivity contribution >= 4 is 35.8 Å². The molecule has 0 unspecified atom stereocenters. The van der Waals surface area contributed by atoms with Crippen LogP contribution >= 0.6 is 24.0 Å². The topological polar surface area (TPSA) is 55.8 Å². The summed E-state index contributed by atoms with van der Waals surface area (Å²) in [6.07, 6.45) is 1.94. The van der Waals surface area contributed by atoms with E-state index in [0.29, 0.717) is 12.6 Å². The number of halogens is 1. The summed E-state index contributed by atoms with van der Waals surface area (Å²) >= 11 is 0. The number of rotatable bonds is 5. The van der Waals surface area contributed by atoms with Crippen LogP contribution in [0.25, 0.3) is 0 Å². The molecule has 6 nitrogen and oxygen atoms in total. The molecule has 0 aromatic carbocycles. The number of pyridine rings is 1.